The molecule has 0 spiro atoms. The molecule has 144 valence electrons. The summed E-state index contributed by atoms with van der Waals surface area (Å²) in [5, 5.41) is 4.54. The monoisotopic (exact) mass is 433 g/mol. The van der Waals surface area contributed by atoms with E-state index in [-0.39, 0.29) is 0 Å². The third kappa shape index (κ3) is 4.97. The SMILES string of the molecule is FC(F)(F)c1cccc(N2CCN(C(=S)Nc3ccc(Cl)c(Cl)c3)CC2)c1. The molecule has 2 aromatic rings. The van der Waals surface area contributed by atoms with Gasteiger partial charge >= 0.3 is 6.18 Å². The number of alkyl halides is 3. The van der Waals surface area contributed by atoms with Crippen molar-refractivity contribution in [2.75, 3.05) is 36.4 Å². The minimum absolute atomic E-state index is 0.429. The highest BCUT2D eigenvalue weighted by Gasteiger charge is 2.31. The summed E-state index contributed by atoms with van der Waals surface area (Å²) in [6, 6.07) is 10.5. The fraction of sp³-hybridized carbons (Fsp3) is 0.278. The molecule has 2 aromatic carbocycles. The predicted molar refractivity (Wildman–Crippen MR) is 108 cm³/mol. The van der Waals surface area contributed by atoms with Crippen molar-refractivity contribution >= 4 is 51.9 Å². The highest BCUT2D eigenvalue weighted by molar-refractivity contribution is 7.80. The van der Waals surface area contributed by atoms with Crippen LogP contribution in [0, 0.1) is 0 Å². The Balaban J connectivity index is 1.60. The molecule has 0 aromatic heterocycles. The van der Waals surface area contributed by atoms with Crippen molar-refractivity contribution in [3.8, 4) is 0 Å². The lowest BCUT2D eigenvalue weighted by Gasteiger charge is -2.37. The number of nitrogens with one attached hydrogen (secondary N) is 1. The highest BCUT2D eigenvalue weighted by atomic mass is 35.5. The van der Waals surface area contributed by atoms with Crippen molar-refractivity contribution in [3.05, 3.63) is 58.1 Å². The molecular formula is C18H16Cl2F3N3S. The first-order valence-electron chi connectivity index (χ1n) is 8.17. The van der Waals surface area contributed by atoms with Crippen molar-refractivity contribution in [2.24, 2.45) is 0 Å². The standard InChI is InChI=1S/C18H16Cl2F3N3S/c19-15-5-4-13(11-16(15)20)24-17(27)26-8-6-25(7-9-26)14-3-1-2-12(10-14)18(21,22)23/h1-5,10-11H,6-9H2,(H,24,27). The molecule has 0 saturated carbocycles. The molecule has 1 saturated heterocycles. The van der Waals surface area contributed by atoms with Gasteiger partial charge < -0.3 is 15.1 Å². The number of hydrogen-bond acceptors (Lipinski definition) is 2. The van der Waals surface area contributed by atoms with Crippen molar-refractivity contribution in [2.45, 2.75) is 6.18 Å². The number of halogens is 5. The summed E-state index contributed by atoms with van der Waals surface area (Å²) in [7, 11) is 0. The second kappa shape index (κ2) is 8.12. The summed E-state index contributed by atoms with van der Waals surface area (Å²) < 4.78 is 38.7. The van der Waals surface area contributed by atoms with Gasteiger partial charge in [-0.05, 0) is 48.6 Å². The number of benzene rings is 2. The van der Waals surface area contributed by atoms with E-state index < -0.39 is 11.7 Å². The topological polar surface area (TPSA) is 18.5 Å². The van der Waals surface area contributed by atoms with Gasteiger partial charge in [-0.15, -0.1) is 0 Å². The largest absolute Gasteiger partial charge is 0.416 e. The van der Waals surface area contributed by atoms with Crippen molar-refractivity contribution in [1.82, 2.24) is 4.90 Å². The van der Waals surface area contributed by atoms with Crippen LogP contribution < -0.4 is 10.2 Å². The molecule has 3 nitrogen and oxygen atoms in total. The number of anilines is 2. The summed E-state index contributed by atoms with van der Waals surface area (Å²) in [5.74, 6) is 0. The molecular weight excluding hydrogens is 418 g/mol. The van der Waals surface area contributed by atoms with Gasteiger partial charge in [0.1, 0.15) is 0 Å². The minimum atomic E-state index is -4.34. The maximum Gasteiger partial charge on any atom is 0.416 e. The van der Waals surface area contributed by atoms with Crippen LogP contribution in [0.5, 0.6) is 0 Å². The maximum atomic E-state index is 12.9. The predicted octanol–water partition coefficient (Wildman–Crippen LogP) is 5.53. The van der Waals surface area contributed by atoms with E-state index in [9.17, 15) is 13.2 Å². The first kappa shape index (κ1) is 20.0. The van der Waals surface area contributed by atoms with Crippen LogP contribution in [0.15, 0.2) is 42.5 Å². The zero-order valence-electron chi connectivity index (χ0n) is 14.1. The molecule has 27 heavy (non-hydrogen) atoms. The van der Waals surface area contributed by atoms with E-state index in [0.29, 0.717) is 47.0 Å². The molecule has 9 heteroatoms. The molecule has 1 aliphatic heterocycles. The van der Waals surface area contributed by atoms with Crippen LogP contribution >= 0.6 is 35.4 Å². The van der Waals surface area contributed by atoms with Crippen molar-refractivity contribution < 1.29 is 13.2 Å². The number of rotatable bonds is 2. The molecule has 1 aliphatic rings. The smallest absolute Gasteiger partial charge is 0.368 e. The van der Waals surface area contributed by atoms with Crippen molar-refractivity contribution in [1.29, 1.82) is 0 Å². The first-order chi connectivity index (χ1) is 12.7. The van der Waals surface area contributed by atoms with E-state index in [1.807, 2.05) is 9.80 Å². The summed E-state index contributed by atoms with van der Waals surface area (Å²) in [6.07, 6.45) is -4.34. The van der Waals surface area contributed by atoms with Gasteiger partial charge in [0.2, 0.25) is 0 Å². The third-order valence-corrected chi connectivity index (χ3v) is 5.38. The maximum absolute atomic E-state index is 12.9. The third-order valence-electron chi connectivity index (χ3n) is 4.28. The molecule has 0 radical (unpaired) electrons. The lowest BCUT2D eigenvalue weighted by molar-refractivity contribution is -0.137. The van der Waals surface area contributed by atoms with Crippen LogP contribution in [0.4, 0.5) is 24.5 Å². The van der Waals surface area contributed by atoms with E-state index in [2.05, 4.69) is 5.32 Å². The first-order valence-corrected chi connectivity index (χ1v) is 9.33. The van der Waals surface area contributed by atoms with E-state index in [4.69, 9.17) is 35.4 Å². The molecule has 1 fully saturated rings. The van der Waals surface area contributed by atoms with Gasteiger partial charge in [0.15, 0.2) is 5.11 Å². The Kier molecular flexibility index (Phi) is 6.03. The second-order valence-corrected chi connectivity index (χ2v) is 7.28. The Labute approximate surface area is 170 Å². The van der Waals surface area contributed by atoms with Gasteiger partial charge in [0.25, 0.3) is 0 Å². The quantitative estimate of drug-likeness (QED) is 0.627. The molecule has 0 atom stereocenters. The van der Waals surface area contributed by atoms with Crippen LogP contribution in [-0.4, -0.2) is 36.2 Å². The van der Waals surface area contributed by atoms with Gasteiger partial charge in [-0.2, -0.15) is 13.2 Å². The number of nitrogens with zero attached hydrogens (tertiary/aromatic N) is 2. The van der Waals surface area contributed by atoms with Gasteiger partial charge in [-0.1, -0.05) is 29.3 Å². The van der Waals surface area contributed by atoms with Crippen LogP contribution in [-0.2, 0) is 6.18 Å². The van der Waals surface area contributed by atoms with E-state index >= 15 is 0 Å². The summed E-state index contributed by atoms with van der Waals surface area (Å²) >= 11 is 17.3. The Hall–Kier alpha value is -1.70. The van der Waals surface area contributed by atoms with Gasteiger partial charge in [0, 0.05) is 37.6 Å². The fourth-order valence-corrected chi connectivity index (χ4v) is 3.42. The lowest BCUT2D eigenvalue weighted by atomic mass is 10.1. The average Bonchev–Trinajstić information content (AvgIpc) is 2.64. The zero-order valence-corrected chi connectivity index (χ0v) is 16.4. The van der Waals surface area contributed by atoms with Crippen molar-refractivity contribution in [3.63, 3.8) is 0 Å². The fourth-order valence-electron chi connectivity index (χ4n) is 2.82. The van der Waals surface area contributed by atoms with Crippen LogP contribution in [0.3, 0.4) is 0 Å². The Morgan fingerprint density at radius 3 is 2.30 bits per heavy atom. The van der Waals surface area contributed by atoms with Crippen LogP contribution in [0.25, 0.3) is 0 Å². The molecule has 1 N–H and O–H groups in total. The second-order valence-electron chi connectivity index (χ2n) is 6.08. The van der Waals surface area contributed by atoms with Gasteiger partial charge in [-0.25, -0.2) is 0 Å². The normalized spacial score (nSPS) is 15.0. The zero-order chi connectivity index (χ0) is 19.6. The van der Waals surface area contributed by atoms with E-state index in [0.717, 1.165) is 11.8 Å². The summed E-state index contributed by atoms with van der Waals surface area (Å²) in [5.41, 5.74) is 0.654. The molecule has 0 bridgehead atoms. The Bertz CT molecular complexity index is 837. The number of hydrogen-bond donors (Lipinski definition) is 1. The van der Waals surface area contributed by atoms with Crippen LogP contribution in [0.1, 0.15) is 5.56 Å². The van der Waals surface area contributed by atoms with E-state index in [1.54, 1.807) is 24.3 Å². The highest BCUT2D eigenvalue weighted by Crippen LogP contribution is 2.32. The number of piperazine rings is 1. The number of thiocarbonyl (C=S) groups is 1. The molecule has 3 rings (SSSR count). The Morgan fingerprint density at radius 1 is 0.963 bits per heavy atom. The molecule has 0 amide bonds. The summed E-state index contributed by atoms with van der Waals surface area (Å²) in [6.45, 7) is 2.35. The van der Waals surface area contributed by atoms with Gasteiger partial charge in [0.05, 0.1) is 15.6 Å². The summed E-state index contributed by atoms with van der Waals surface area (Å²) in [4.78, 5) is 3.90. The Morgan fingerprint density at radius 2 is 1.67 bits per heavy atom. The molecule has 1 heterocycles. The lowest BCUT2D eigenvalue weighted by Crippen LogP contribution is -2.50. The minimum Gasteiger partial charge on any atom is -0.368 e. The average molecular weight is 434 g/mol. The van der Waals surface area contributed by atoms with E-state index in [1.165, 1.54) is 12.1 Å². The molecule has 0 aliphatic carbocycles. The van der Waals surface area contributed by atoms with Gasteiger partial charge in [-0.3, -0.25) is 0 Å². The molecule has 0 unspecified atom stereocenters. The van der Waals surface area contributed by atoms with Crippen LogP contribution in [0.2, 0.25) is 10.0 Å².